The molecule has 0 aliphatic rings. The molecular formula is C9H11NO4. The molecule has 0 bridgehead atoms. The van der Waals surface area contributed by atoms with Gasteiger partial charge in [-0.15, -0.1) is 0 Å². The second-order valence-electron chi connectivity index (χ2n) is 2.57. The van der Waals surface area contributed by atoms with Crippen molar-refractivity contribution >= 4 is 11.7 Å². The number of ether oxygens (including phenoxy) is 2. The van der Waals surface area contributed by atoms with Gasteiger partial charge in [0.2, 0.25) is 0 Å². The molecule has 0 unspecified atom stereocenters. The zero-order chi connectivity index (χ0) is 10.7. The summed E-state index contributed by atoms with van der Waals surface area (Å²) >= 11 is 0. The number of methoxy groups -OCH3 is 2. The van der Waals surface area contributed by atoms with E-state index in [1.807, 2.05) is 0 Å². The maximum atomic E-state index is 10.8. The molecule has 0 atom stereocenters. The Labute approximate surface area is 81.0 Å². The normalized spacial score (nSPS) is 9.57. The van der Waals surface area contributed by atoms with Crippen molar-refractivity contribution in [3.63, 3.8) is 0 Å². The number of hydrogen-bond acceptors (Lipinski definition) is 4. The first-order valence-corrected chi connectivity index (χ1v) is 3.85. The molecule has 0 spiro atoms. The van der Waals surface area contributed by atoms with Gasteiger partial charge in [0.1, 0.15) is 17.0 Å². The van der Waals surface area contributed by atoms with Crippen LogP contribution in [-0.4, -0.2) is 25.3 Å². The van der Waals surface area contributed by atoms with Crippen molar-refractivity contribution in [2.75, 3.05) is 20.0 Å². The fourth-order valence-corrected chi connectivity index (χ4v) is 1.15. The SMILES string of the molecule is COc1ccc(C(=O)O)c(OC)c1N. The number of benzene rings is 1. The lowest BCUT2D eigenvalue weighted by Crippen LogP contribution is -2.04. The molecule has 0 radical (unpaired) electrons. The van der Waals surface area contributed by atoms with E-state index in [9.17, 15) is 4.79 Å². The number of nitrogens with two attached hydrogens (primary N) is 1. The van der Waals surface area contributed by atoms with Gasteiger partial charge in [-0.2, -0.15) is 0 Å². The predicted octanol–water partition coefficient (Wildman–Crippen LogP) is 0.984. The number of carboxylic acid groups (broad SMARTS) is 1. The summed E-state index contributed by atoms with van der Waals surface area (Å²) in [4.78, 5) is 10.8. The Balaban J connectivity index is 3.35. The van der Waals surface area contributed by atoms with Crippen LogP contribution in [0, 0.1) is 0 Å². The van der Waals surface area contributed by atoms with Crippen molar-refractivity contribution in [1.82, 2.24) is 0 Å². The van der Waals surface area contributed by atoms with Gasteiger partial charge in [0.05, 0.1) is 14.2 Å². The van der Waals surface area contributed by atoms with E-state index in [1.54, 1.807) is 0 Å². The summed E-state index contributed by atoms with van der Waals surface area (Å²) in [5, 5.41) is 8.81. The lowest BCUT2D eigenvalue weighted by Gasteiger charge is -2.11. The number of rotatable bonds is 3. The number of carboxylic acids is 1. The van der Waals surface area contributed by atoms with E-state index in [-0.39, 0.29) is 17.0 Å². The molecule has 0 amide bonds. The summed E-state index contributed by atoms with van der Waals surface area (Å²) < 4.78 is 9.82. The van der Waals surface area contributed by atoms with Crippen LogP contribution in [0.2, 0.25) is 0 Å². The molecule has 1 aromatic rings. The van der Waals surface area contributed by atoms with E-state index >= 15 is 0 Å². The molecule has 0 saturated carbocycles. The zero-order valence-electron chi connectivity index (χ0n) is 7.90. The van der Waals surface area contributed by atoms with Crippen LogP contribution in [0.4, 0.5) is 5.69 Å². The van der Waals surface area contributed by atoms with E-state index in [0.29, 0.717) is 5.75 Å². The van der Waals surface area contributed by atoms with Crippen molar-refractivity contribution in [3.8, 4) is 11.5 Å². The summed E-state index contributed by atoms with van der Waals surface area (Å²) in [7, 11) is 2.81. The van der Waals surface area contributed by atoms with Gasteiger partial charge in [0.15, 0.2) is 5.75 Å². The van der Waals surface area contributed by atoms with Crippen LogP contribution in [0.1, 0.15) is 10.4 Å². The summed E-state index contributed by atoms with van der Waals surface area (Å²) in [5.41, 5.74) is 5.84. The highest BCUT2D eigenvalue weighted by atomic mass is 16.5. The summed E-state index contributed by atoms with van der Waals surface area (Å²) in [6.07, 6.45) is 0. The van der Waals surface area contributed by atoms with Crippen molar-refractivity contribution < 1.29 is 19.4 Å². The first-order chi connectivity index (χ1) is 6.61. The van der Waals surface area contributed by atoms with Crippen molar-refractivity contribution in [2.24, 2.45) is 0 Å². The van der Waals surface area contributed by atoms with Gasteiger partial charge >= 0.3 is 5.97 Å². The van der Waals surface area contributed by atoms with E-state index in [0.717, 1.165) is 0 Å². The van der Waals surface area contributed by atoms with Crippen LogP contribution in [0.25, 0.3) is 0 Å². The predicted molar refractivity (Wildman–Crippen MR) is 50.9 cm³/mol. The highest BCUT2D eigenvalue weighted by Crippen LogP contribution is 2.34. The second kappa shape index (κ2) is 3.87. The molecule has 0 aromatic heterocycles. The third kappa shape index (κ3) is 1.56. The molecule has 1 rings (SSSR count). The fraction of sp³-hybridized carbons (Fsp3) is 0.222. The summed E-state index contributed by atoms with van der Waals surface area (Å²) in [6.45, 7) is 0. The average molecular weight is 197 g/mol. The fourth-order valence-electron chi connectivity index (χ4n) is 1.15. The Morgan fingerprint density at radius 2 is 2.00 bits per heavy atom. The molecule has 3 N–H and O–H groups in total. The first-order valence-electron chi connectivity index (χ1n) is 3.85. The van der Waals surface area contributed by atoms with Crippen molar-refractivity contribution in [1.29, 1.82) is 0 Å². The van der Waals surface area contributed by atoms with E-state index < -0.39 is 5.97 Å². The van der Waals surface area contributed by atoms with Crippen molar-refractivity contribution in [2.45, 2.75) is 0 Å². The van der Waals surface area contributed by atoms with Gasteiger partial charge in [0, 0.05) is 0 Å². The Bertz CT molecular complexity index is 362. The number of hydrogen-bond donors (Lipinski definition) is 2. The quantitative estimate of drug-likeness (QED) is 0.706. The smallest absolute Gasteiger partial charge is 0.339 e. The van der Waals surface area contributed by atoms with Crippen LogP contribution < -0.4 is 15.2 Å². The number of anilines is 1. The van der Waals surface area contributed by atoms with Crippen molar-refractivity contribution in [3.05, 3.63) is 17.7 Å². The first kappa shape index (κ1) is 10.2. The van der Waals surface area contributed by atoms with Gasteiger partial charge in [-0.3, -0.25) is 0 Å². The highest BCUT2D eigenvalue weighted by molar-refractivity contribution is 5.94. The van der Waals surface area contributed by atoms with E-state index in [4.69, 9.17) is 20.3 Å². The summed E-state index contributed by atoms with van der Waals surface area (Å²) in [5.74, 6) is -0.570. The van der Waals surface area contributed by atoms with Gasteiger partial charge in [-0.25, -0.2) is 4.79 Å². The van der Waals surface area contributed by atoms with Gasteiger partial charge in [0.25, 0.3) is 0 Å². The Kier molecular flexibility index (Phi) is 2.81. The molecule has 0 aliphatic carbocycles. The Morgan fingerprint density at radius 3 is 2.43 bits per heavy atom. The largest absolute Gasteiger partial charge is 0.494 e. The molecular weight excluding hydrogens is 186 g/mol. The lowest BCUT2D eigenvalue weighted by molar-refractivity contribution is 0.0693. The summed E-state index contributed by atoms with van der Waals surface area (Å²) in [6, 6.07) is 2.87. The molecule has 14 heavy (non-hydrogen) atoms. The number of carbonyl (C=O) groups is 1. The third-order valence-electron chi connectivity index (χ3n) is 1.81. The third-order valence-corrected chi connectivity index (χ3v) is 1.81. The van der Waals surface area contributed by atoms with Crippen LogP contribution >= 0.6 is 0 Å². The van der Waals surface area contributed by atoms with Crippen LogP contribution in [0.15, 0.2) is 12.1 Å². The highest BCUT2D eigenvalue weighted by Gasteiger charge is 2.16. The lowest BCUT2D eigenvalue weighted by atomic mass is 10.1. The Morgan fingerprint density at radius 1 is 1.36 bits per heavy atom. The molecule has 0 saturated heterocycles. The van der Waals surface area contributed by atoms with Crippen LogP contribution in [-0.2, 0) is 0 Å². The maximum Gasteiger partial charge on any atom is 0.339 e. The second-order valence-corrected chi connectivity index (χ2v) is 2.57. The van der Waals surface area contributed by atoms with E-state index in [1.165, 1.54) is 26.4 Å². The monoisotopic (exact) mass is 197 g/mol. The maximum absolute atomic E-state index is 10.8. The average Bonchev–Trinajstić information content (AvgIpc) is 2.17. The topological polar surface area (TPSA) is 81.8 Å². The molecule has 76 valence electrons. The van der Waals surface area contributed by atoms with Gasteiger partial charge < -0.3 is 20.3 Å². The molecule has 1 aromatic carbocycles. The molecule has 0 fully saturated rings. The minimum Gasteiger partial charge on any atom is -0.494 e. The number of nitrogen functional groups attached to an aromatic ring is 1. The van der Waals surface area contributed by atoms with Crippen LogP contribution in [0.5, 0.6) is 11.5 Å². The molecule has 0 aliphatic heterocycles. The minimum atomic E-state index is -1.09. The molecule has 5 nitrogen and oxygen atoms in total. The molecule has 5 heteroatoms. The van der Waals surface area contributed by atoms with E-state index in [2.05, 4.69) is 0 Å². The zero-order valence-corrected chi connectivity index (χ0v) is 7.90. The standard InChI is InChI=1S/C9H11NO4/c1-13-6-4-3-5(9(11)12)8(14-2)7(6)10/h3-4H,10H2,1-2H3,(H,11,12). The minimum absolute atomic E-state index is 0.0193. The molecule has 0 heterocycles. The van der Waals surface area contributed by atoms with Crippen LogP contribution in [0.3, 0.4) is 0 Å². The Hall–Kier alpha value is -1.91. The number of aromatic carboxylic acids is 1. The van der Waals surface area contributed by atoms with Gasteiger partial charge in [-0.1, -0.05) is 0 Å². The van der Waals surface area contributed by atoms with Gasteiger partial charge in [-0.05, 0) is 12.1 Å².